The molecule has 0 aromatic rings. The fraction of sp³-hybridized carbons (Fsp3) is 0.812. The highest BCUT2D eigenvalue weighted by Gasteiger charge is 2.94. The second kappa shape index (κ2) is 4.46. The zero-order valence-corrected chi connectivity index (χ0v) is 13.2. The van der Waals surface area contributed by atoms with E-state index < -0.39 is 6.09 Å². The minimum Gasteiger partial charge on any atom is -0.444 e. The van der Waals surface area contributed by atoms with Crippen molar-refractivity contribution in [3.63, 3.8) is 0 Å². The van der Waals surface area contributed by atoms with E-state index in [-0.39, 0.29) is 43.0 Å². The first-order chi connectivity index (χ1) is 10.5. The van der Waals surface area contributed by atoms with Crippen LogP contribution in [0, 0.1) is 5.92 Å². The lowest BCUT2D eigenvalue weighted by Crippen LogP contribution is -2.66. The summed E-state index contributed by atoms with van der Waals surface area (Å²) in [5, 5.41) is 0. The number of fused-ring (bicyclic) bond motifs is 2. The van der Waals surface area contributed by atoms with E-state index in [0.29, 0.717) is 0 Å². The molecule has 2 heterocycles. The van der Waals surface area contributed by atoms with E-state index in [1.54, 1.807) is 7.11 Å². The maximum atomic E-state index is 11.1. The first kappa shape index (κ1) is 14.5. The van der Waals surface area contributed by atoms with Crippen LogP contribution in [0.4, 0.5) is 4.79 Å². The number of carbonyl (C=O) groups is 1. The first-order valence-electron chi connectivity index (χ1n) is 7.93. The van der Waals surface area contributed by atoms with Gasteiger partial charge in [0, 0.05) is 8.54 Å². The van der Waals surface area contributed by atoms with E-state index >= 15 is 0 Å². The second-order valence-electron chi connectivity index (χ2n) is 7.12. The number of hydrogen-bond acceptors (Lipinski definition) is 5. The van der Waals surface area contributed by atoms with Crippen molar-refractivity contribution < 1.29 is 25.2 Å². The van der Waals surface area contributed by atoms with Crippen LogP contribution in [-0.4, -0.2) is 48.8 Å². The monoisotopic (exact) mass is 311 g/mol. The fourth-order valence-electron chi connectivity index (χ4n) is 4.83. The molecular weight excluding hydrogens is 286 g/mol. The average molecular weight is 311 g/mol. The van der Waals surface area contributed by atoms with Crippen LogP contribution in [0.3, 0.4) is 0 Å². The predicted octanol–water partition coefficient (Wildman–Crippen LogP) is 1.77. The summed E-state index contributed by atoms with van der Waals surface area (Å²) in [7, 11) is 1.65. The maximum Gasteiger partial charge on any atom is 0.404 e. The molecule has 2 aliphatic heterocycles. The predicted molar refractivity (Wildman–Crippen MR) is 79.3 cm³/mol. The number of amides is 1. The lowest BCUT2D eigenvalue weighted by atomic mass is 9.55. The molecule has 2 saturated carbocycles. The molecule has 2 aliphatic carbocycles. The molecule has 7 atom stereocenters. The summed E-state index contributed by atoms with van der Waals surface area (Å²) in [5.41, 5.74) is 6.12. The van der Waals surface area contributed by atoms with Crippen molar-refractivity contribution in [2.24, 2.45) is 11.7 Å². The molecule has 6 heteroatoms. The van der Waals surface area contributed by atoms with Crippen LogP contribution in [0.25, 0.3) is 0 Å². The van der Waals surface area contributed by atoms with Gasteiger partial charge in [-0.05, 0) is 33.1 Å². The Morgan fingerprint density at radius 1 is 1.45 bits per heavy atom. The number of methoxy groups -OCH3 is 1. The lowest BCUT2D eigenvalue weighted by molar-refractivity contribution is -0.132. The van der Waals surface area contributed by atoms with Crippen LogP contribution in [0.1, 0.15) is 34.5 Å². The van der Waals surface area contributed by atoms with E-state index in [1.807, 2.05) is 0 Å². The van der Waals surface area contributed by atoms with Gasteiger partial charge in [-0.25, -0.2) is 4.79 Å². The molecule has 1 amide bonds. The topological polar surface area (TPSA) is 86.6 Å². The minimum atomic E-state index is -0.748. The van der Waals surface area contributed by atoms with E-state index in [4.69, 9.17) is 24.7 Å². The number of primary amides is 1. The summed E-state index contributed by atoms with van der Waals surface area (Å²) in [6.45, 7) is 4.17. The van der Waals surface area contributed by atoms with Crippen molar-refractivity contribution in [2.75, 3.05) is 7.11 Å². The summed E-state index contributed by atoms with van der Waals surface area (Å²) in [6, 6.07) is 0. The van der Waals surface area contributed by atoms with Crippen LogP contribution in [0.2, 0.25) is 0 Å². The number of hydrogen-bond donors (Lipinski definition) is 1. The number of nitrogens with two attached hydrogens (primary N) is 1. The minimum absolute atomic E-state index is 0. The van der Waals surface area contributed by atoms with Crippen molar-refractivity contribution in [3.8, 4) is 0 Å². The van der Waals surface area contributed by atoms with Crippen molar-refractivity contribution in [2.45, 2.75) is 68.7 Å². The highest BCUT2D eigenvalue weighted by molar-refractivity contribution is 5.65. The SMILES string of the molecule is COC1C(OC(N)=O)CC[C@]23OC2C2(O[C@@H]2CC=C(C)C)C13.[HH]. The molecule has 0 aromatic heterocycles. The third kappa shape index (κ3) is 1.69. The zero-order valence-electron chi connectivity index (χ0n) is 13.2. The Balaban J connectivity index is 0.00000156. The second-order valence-corrected chi connectivity index (χ2v) is 7.12. The van der Waals surface area contributed by atoms with E-state index in [9.17, 15) is 4.79 Å². The molecule has 4 fully saturated rings. The number of allylic oxidation sites excluding steroid dienone is 1. The van der Waals surface area contributed by atoms with Gasteiger partial charge in [-0.3, -0.25) is 0 Å². The van der Waals surface area contributed by atoms with Gasteiger partial charge in [0.1, 0.15) is 29.5 Å². The number of carbonyl (C=O) groups excluding carboxylic acids is 1. The molecule has 6 nitrogen and oxygen atoms in total. The molecule has 2 N–H and O–H groups in total. The molecule has 4 rings (SSSR count). The van der Waals surface area contributed by atoms with Crippen molar-refractivity contribution >= 4 is 6.09 Å². The van der Waals surface area contributed by atoms with Gasteiger partial charge in [-0.2, -0.15) is 0 Å². The Bertz CT molecular complexity index is 551. The molecule has 0 bridgehead atoms. The van der Waals surface area contributed by atoms with Gasteiger partial charge in [-0.1, -0.05) is 11.6 Å². The van der Waals surface area contributed by atoms with Crippen LogP contribution in [0.15, 0.2) is 11.6 Å². The number of rotatable bonds is 4. The summed E-state index contributed by atoms with van der Waals surface area (Å²) >= 11 is 0. The standard InChI is InChI=1S/C16H23NO5.H2/c1-8(2)4-5-10-16(21-10)12-11(19-3)9(20-14(17)18)6-7-15(12)13(16)22-15;/h4,9-13H,5-7H2,1-3H3,(H2,17,18);1H/t9?,10-,11?,12?,13?,15-,16?;/m1./s1. The molecule has 22 heavy (non-hydrogen) atoms. The van der Waals surface area contributed by atoms with Gasteiger partial charge in [0.2, 0.25) is 0 Å². The Labute approximate surface area is 131 Å². The molecule has 0 aromatic carbocycles. The van der Waals surface area contributed by atoms with E-state index in [2.05, 4.69) is 19.9 Å². The van der Waals surface area contributed by atoms with Gasteiger partial charge in [-0.15, -0.1) is 0 Å². The number of ether oxygens (including phenoxy) is 4. The van der Waals surface area contributed by atoms with Crippen molar-refractivity contribution in [1.82, 2.24) is 0 Å². The molecule has 2 saturated heterocycles. The van der Waals surface area contributed by atoms with Gasteiger partial charge in [0.25, 0.3) is 0 Å². The van der Waals surface area contributed by atoms with Crippen LogP contribution in [-0.2, 0) is 18.9 Å². The van der Waals surface area contributed by atoms with Crippen LogP contribution < -0.4 is 5.73 Å². The smallest absolute Gasteiger partial charge is 0.404 e. The Morgan fingerprint density at radius 2 is 2.23 bits per heavy atom. The average Bonchev–Trinajstić information content (AvgIpc) is 3.31. The van der Waals surface area contributed by atoms with Gasteiger partial charge < -0.3 is 24.7 Å². The molecule has 5 unspecified atom stereocenters. The van der Waals surface area contributed by atoms with Crippen LogP contribution in [0.5, 0.6) is 0 Å². The van der Waals surface area contributed by atoms with E-state index in [1.165, 1.54) is 5.57 Å². The summed E-state index contributed by atoms with van der Waals surface area (Å²) in [5.74, 6) is 0.128. The summed E-state index contributed by atoms with van der Waals surface area (Å²) < 4.78 is 23.0. The van der Waals surface area contributed by atoms with E-state index in [0.717, 1.165) is 19.3 Å². The normalized spacial score (nSPS) is 50.4. The maximum absolute atomic E-state index is 11.1. The highest BCUT2D eigenvalue weighted by Crippen LogP contribution is 2.77. The quantitative estimate of drug-likeness (QED) is 0.631. The van der Waals surface area contributed by atoms with Crippen molar-refractivity contribution in [3.05, 3.63) is 11.6 Å². The van der Waals surface area contributed by atoms with Gasteiger partial charge >= 0.3 is 6.09 Å². The van der Waals surface area contributed by atoms with Gasteiger partial charge in [0.05, 0.1) is 12.0 Å². The molecule has 0 radical (unpaired) electrons. The summed E-state index contributed by atoms with van der Waals surface area (Å²) in [6.07, 6.45) is 3.79. The molecular formula is C16H25NO5. The van der Waals surface area contributed by atoms with Gasteiger partial charge in [0.15, 0.2) is 0 Å². The lowest BCUT2D eigenvalue weighted by Gasteiger charge is -2.48. The first-order valence-corrected chi connectivity index (χ1v) is 7.93. The molecule has 124 valence electrons. The summed E-state index contributed by atoms with van der Waals surface area (Å²) in [4.78, 5) is 11.1. The van der Waals surface area contributed by atoms with Crippen LogP contribution >= 0.6 is 0 Å². The Hall–Kier alpha value is -1.11. The fourth-order valence-corrected chi connectivity index (χ4v) is 4.83. The zero-order chi connectivity index (χ0) is 15.7. The molecule has 4 aliphatic rings. The molecule has 2 spiro atoms. The largest absolute Gasteiger partial charge is 0.444 e. The third-order valence-corrected chi connectivity index (χ3v) is 5.73. The van der Waals surface area contributed by atoms with Crippen molar-refractivity contribution in [1.29, 1.82) is 0 Å². The Kier molecular flexibility index (Phi) is 2.94. The third-order valence-electron chi connectivity index (χ3n) is 5.73. The highest BCUT2D eigenvalue weighted by atomic mass is 16.7. The Morgan fingerprint density at radius 3 is 2.86 bits per heavy atom. The number of epoxide rings is 2.